The van der Waals surface area contributed by atoms with Crippen LogP contribution in [-0.4, -0.2) is 135 Å². The minimum atomic E-state index is -0.823. The van der Waals surface area contributed by atoms with E-state index >= 15 is 0 Å². The number of aryl methyl sites for hydroxylation is 1. The third-order valence-corrected chi connectivity index (χ3v) is 21.2. The van der Waals surface area contributed by atoms with Gasteiger partial charge in [0.25, 0.3) is 5.56 Å². The molecule has 3 saturated carbocycles. The quantitative estimate of drug-likeness (QED) is 0.0550. The number of hydrogen-bond acceptors (Lipinski definition) is 13. The van der Waals surface area contributed by atoms with Crippen molar-refractivity contribution in [2.24, 2.45) is 33.7 Å². The Morgan fingerprint density at radius 2 is 1.68 bits per heavy atom. The number of amides is 2. The van der Waals surface area contributed by atoms with Crippen LogP contribution in [0, 0.1) is 24.7 Å². The lowest BCUT2D eigenvalue weighted by molar-refractivity contribution is -0.141. The summed E-state index contributed by atoms with van der Waals surface area (Å²) < 4.78 is 8.78. The fourth-order valence-corrected chi connectivity index (χ4v) is 16.4. The maximum atomic E-state index is 15.0. The molecule has 1 spiro atoms. The van der Waals surface area contributed by atoms with Gasteiger partial charge in [-0.3, -0.25) is 28.8 Å². The van der Waals surface area contributed by atoms with Crippen LogP contribution >= 0.6 is 27.3 Å². The summed E-state index contributed by atoms with van der Waals surface area (Å²) in [6.07, 6.45) is 18.0. The minimum absolute atomic E-state index is 0.0306. The second-order valence-corrected chi connectivity index (χ2v) is 26.1. The van der Waals surface area contributed by atoms with E-state index in [1.165, 1.54) is 23.2 Å². The van der Waals surface area contributed by atoms with Gasteiger partial charge in [0.2, 0.25) is 11.8 Å². The SMILES string of the molecule is Cc1ncsc1-c1ccc([C@H](CN2CCOCC2)NC(=O)[C@@H]2C[C@@H](O)CN2C(=O)[C@@H](N=C/C(=N\N)C2CCC(CN3CCC(c4ccc5c(c4)-n4c(nc(=O)c6c(Br)cccc64)C54CCCCC4)CC3)CC2)C2CCCCC2)cc1. The number of benzene rings is 3. The molecule has 12 rings (SSSR count). The average Bonchev–Trinajstić information content (AvgIpc) is 4.28. The molecule has 80 heavy (non-hydrogen) atoms. The van der Waals surface area contributed by atoms with E-state index in [4.69, 9.17) is 20.6 Å². The number of thiazole rings is 1. The van der Waals surface area contributed by atoms with Gasteiger partial charge >= 0.3 is 0 Å². The smallest absolute Gasteiger partial charge is 0.281 e. The van der Waals surface area contributed by atoms with E-state index < -0.39 is 18.2 Å². The van der Waals surface area contributed by atoms with Crippen molar-refractivity contribution < 1.29 is 19.4 Å². The van der Waals surface area contributed by atoms with Gasteiger partial charge in [0.1, 0.15) is 17.9 Å². The van der Waals surface area contributed by atoms with Crippen LogP contribution in [-0.2, 0) is 19.7 Å². The molecule has 6 heterocycles. The Morgan fingerprint density at radius 3 is 2.40 bits per heavy atom. The highest BCUT2D eigenvalue weighted by Crippen LogP contribution is 2.52. The molecule has 424 valence electrons. The lowest BCUT2D eigenvalue weighted by Gasteiger charge is -2.37. The highest BCUT2D eigenvalue weighted by molar-refractivity contribution is 9.10. The van der Waals surface area contributed by atoms with Gasteiger partial charge in [-0.05, 0) is 158 Å². The molecule has 3 saturated heterocycles. The predicted molar refractivity (Wildman–Crippen MR) is 320 cm³/mol. The van der Waals surface area contributed by atoms with Crippen LogP contribution < -0.4 is 16.7 Å². The molecule has 5 aromatic rings. The molecule has 15 nitrogen and oxygen atoms in total. The summed E-state index contributed by atoms with van der Waals surface area (Å²) in [7, 11) is 0. The second-order valence-electron chi connectivity index (χ2n) is 24.4. The fourth-order valence-electron chi connectivity index (χ4n) is 15.1. The topological polar surface area (TPSA) is 184 Å². The number of carbonyl (C=O) groups excluding carboxylic acids is 2. The number of likely N-dealkylation sites (tertiary alicyclic amines) is 2. The third kappa shape index (κ3) is 11.2. The first-order chi connectivity index (χ1) is 39.0. The molecule has 0 bridgehead atoms. The third-order valence-electron chi connectivity index (χ3n) is 19.5. The Kier molecular flexibility index (Phi) is 16.8. The Bertz CT molecular complexity index is 3150. The summed E-state index contributed by atoms with van der Waals surface area (Å²) in [5, 5.41) is 19.5. The fraction of sp³-hybridized carbons (Fsp3) is 0.571. The summed E-state index contributed by atoms with van der Waals surface area (Å²) >= 11 is 5.29. The molecule has 2 amide bonds. The normalized spacial score (nSPS) is 25.0. The first-order valence-corrected chi connectivity index (χ1v) is 31.7. The van der Waals surface area contributed by atoms with Crippen molar-refractivity contribution >= 4 is 61.9 Å². The number of aliphatic hydroxyl groups is 1. The van der Waals surface area contributed by atoms with Crippen molar-refractivity contribution in [1.29, 1.82) is 0 Å². The van der Waals surface area contributed by atoms with Crippen molar-refractivity contribution in [2.75, 3.05) is 59.0 Å². The maximum Gasteiger partial charge on any atom is 0.281 e. The summed E-state index contributed by atoms with van der Waals surface area (Å²) in [5.74, 6) is 7.92. The number of rotatable bonds is 14. The number of halogens is 1. The Hall–Kier alpha value is -5.17. The Balaban J connectivity index is 0.679. The van der Waals surface area contributed by atoms with Crippen molar-refractivity contribution in [2.45, 2.75) is 152 Å². The van der Waals surface area contributed by atoms with Crippen molar-refractivity contribution in [3.05, 3.63) is 109 Å². The first kappa shape index (κ1) is 55.4. The van der Waals surface area contributed by atoms with Gasteiger partial charge in [-0.1, -0.05) is 81.0 Å². The van der Waals surface area contributed by atoms with E-state index in [2.05, 4.69) is 94.2 Å². The number of piperidine rings is 1. The van der Waals surface area contributed by atoms with E-state index in [9.17, 15) is 19.5 Å². The number of aliphatic imine (C=N–C) groups is 1. The van der Waals surface area contributed by atoms with Gasteiger partial charge in [-0.25, -0.2) is 4.98 Å². The number of aromatic nitrogens is 3. The Morgan fingerprint density at radius 1 is 0.925 bits per heavy atom. The molecule has 2 aromatic heterocycles. The number of hydrazone groups is 1. The number of hydrogen-bond donors (Lipinski definition) is 3. The van der Waals surface area contributed by atoms with Crippen LogP contribution in [0.4, 0.5) is 0 Å². The number of aliphatic hydroxyl groups excluding tert-OH is 1. The molecule has 0 unspecified atom stereocenters. The van der Waals surface area contributed by atoms with Crippen molar-refractivity contribution in [3.8, 4) is 16.1 Å². The van der Waals surface area contributed by atoms with E-state index in [0.717, 1.165) is 172 Å². The standard InChI is InChI=1S/C63H79BrN10O5S/c1-40-58(80-39-67-40)46-19-17-44(18-20-46)52(38-72-29-31-79-32-30-72)68-59(76)55-34-48(75)37-73(55)61(78)57(45-9-4-2-5-10-45)66-35-51(70-65)43-15-13-41(14-16-43)36-71-27-23-42(24-28-71)47-21-22-49-54(33-47)74-53-12-8-11-50(64)56(53)60(77)69-62(74)63(49)25-6-3-7-26-63/h8,11-12,17-22,33,35,39,41-43,45,48,52,55,57,75H,2-7,9-10,13-16,23-32,34,36-38,65H2,1H3,(H,68,76)/b66-35?,70-51+/t41?,43?,48-,52+,55+,57+/m1/s1. The highest BCUT2D eigenvalue weighted by atomic mass is 79.9. The van der Waals surface area contributed by atoms with E-state index in [1.807, 2.05) is 24.6 Å². The second kappa shape index (κ2) is 24.3. The van der Waals surface area contributed by atoms with Gasteiger partial charge in [-0.15, -0.1) is 11.3 Å². The van der Waals surface area contributed by atoms with Gasteiger partial charge in [0.05, 0.1) is 69.2 Å². The zero-order valence-electron chi connectivity index (χ0n) is 46.5. The average molecular weight is 1170 g/mol. The van der Waals surface area contributed by atoms with Gasteiger partial charge in [0, 0.05) is 55.7 Å². The lowest BCUT2D eigenvalue weighted by Crippen LogP contribution is -2.52. The maximum absolute atomic E-state index is 15.0. The number of β-amino-alcohol motifs (C(OH)–C–C–N with tert-alkyl or cyclic N) is 1. The molecule has 0 radical (unpaired) electrons. The van der Waals surface area contributed by atoms with E-state index in [-0.39, 0.29) is 53.6 Å². The first-order valence-electron chi connectivity index (χ1n) is 30.0. The van der Waals surface area contributed by atoms with Gasteiger partial charge in [-0.2, -0.15) is 10.1 Å². The Labute approximate surface area is 483 Å². The number of fused-ring (bicyclic) bond motifs is 7. The summed E-state index contributed by atoms with van der Waals surface area (Å²) in [6, 6.07) is 19.8. The molecule has 3 aromatic carbocycles. The summed E-state index contributed by atoms with van der Waals surface area (Å²) in [4.78, 5) is 65.3. The number of ether oxygens (including phenoxy) is 1. The largest absolute Gasteiger partial charge is 0.391 e. The van der Waals surface area contributed by atoms with Crippen LogP contribution in [0.1, 0.15) is 149 Å². The van der Waals surface area contributed by atoms with Crippen molar-refractivity contribution in [3.63, 3.8) is 0 Å². The zero-order valence-corrected chi connectivity index (χ0v) is 48.9. The molecule has 17 heteroatoms. The number of nitrogens with two attached hydrogens (primary N) is 1. The molecular weight excluding hydrogens is 1090 g/mol. The highest BCUT2D eigenvalue weighted by Gasteiger charge is 2.47. The summed E-state index contributed by atoms with van der Waals surface area (Å²) in [6.45, 7) is 8.75. The van der Waals surface area contributed by atoms with Crippen LogP contribution in [0.5, 0.6) is 0 Å². The minimum Gasteiger partial charge on any atom is -0.391 e. The van der Waals surface area contributed by atoms with Crippen molar-refractivity contribution in [1.82, 2.24) is 34.6 Å². The molecule has 4 N–H and O–H groups in total. The lowest BCUT2D eigenvalue weighted by atomic mass is 9.69. The predicted octanol–water partition coefficient (Wildman–Crippen LogP) is 9.62. The monoisotopic (exact) mass is 1170 g/mol. The van der Waals surface area contributed by atoms with Crippen LogP contribution in [0.15, 0.2) is 85.5 Å². The van der Waals surface area contributed by atoms with Crippen LogP contribution in [0.25, 0.3) is 27.0 Å². The molecule has 3 aliphatic carbocycles. The molecule has 4 aliphatic heterocycles. The summed E-state index contributed by atoms with van der Waals surface area (Å²) in [5.41, 5.74) is 10.2. The van der Waals surface area contributed by atoms with Gasteiger partial charge < -0.3 is 30.8 Å². The number of morpholine rings is 1. The van der Waals surface area contributed by atoms with E-state index in [0.29, 0.717) is 37.0 Å². The van der Waals surface area contributed by atoms with Crippen LogP contribution in [0.3, 0.4) is 0 Å². The molecule has 7 aliphatic rings. The number of nitrogens with zero attached hydrogens (tertiary/aromatic N) is 8. The number of nitrogens with one attached hydrogen (secondary N) is 1. The molecule has 6 fully saturated rings. The number of carbonyl (C=O) groups is 2. The van der Waals surface area contributed by atoms with Gasteiger partial charge in [0.15, 0.2) is 0 Å². The zero-order chi connectivity index (χ0) is 54.9. The van der Waals surface area contributed by atoms with Crippen LogP contribution in [0.2, 0.25) is 0 Å². The molecule has 4 atom stereocenters. The molecular formula is C63H79BrN10O5S. The van der Waals surface area contributed by atoms with E-state index in [1.54, 1.807) is 22.5 Å².